The highest BCUT2D eigenvalue weighted by Gasteiger charge is 2.70. The maximum atomic E-state index is 14.7. The number of carbonyl (C=O) groups is 2. The molecule has 0 bridgehead atoms. The van der Waals surface area contributed by atoms with Crippen LogP contribution >= 0.6 is 0 Å². The number of hydrogen-bond donors (Lipinski definition) is 0. The Morgan fingerprint density at radius 1 is 0.870 bits per heavy atom. The number of esters is 1. The zero-order valence-electron chi connectivity index (χ0n) is 30.9. The fourth-order valence-electron chi connectivity index (χ4n) is 12.2. The first-order valence-corrected chi connectivity index (χ1v) is 18.3. The smallest absolute Gasteiger partial charge is 0.311 e. The van der Waals surface area contributed by atoms with Crippen molar-refractivity contribution in [3.8, 4) is 0 Å². The molecule has 5 aliphatic carbocycles. The SMILES string of the molecule is COC(=O)[C@@]1(C)CC[C@]2(C)CC[C@]3(C)C(=CC(=O)[C@@H]4[C@@]5(C)CC[C@H](OCc6ccc(C(C)(C)C)cc6)C(C)(C)C5CC[C@]43C)C2C1. The molecule has 0 amide bonds. The van der Waals surface area contributed by atoms with Crippen LogP contribution in [0.25, 0.3) is 0 Å². The van der Waals surface area contributed by atoms with Crippen LogP contribution in [0.5, 0.6) is 0 Å². The van der Waals surface area contributed by atoms with Crippen molar-refractivity contribution in [3.05, 3.63) is 47.0 Å². The highest BCUT2D eigenvalue weighted by Crippen LogP contribution is 2.75. The fraction of sp³-hybridized carbons (Fsp3) is 0.762. The summed E-state index contributed by atoms with van der Waals surface area (Å²) < 4.78 is 12.1. The Morgan fingerprint density at radius 3 is 2.15 bits per heavy atom. The van der Waals surface area contributed by atoms with Gasteiger partial charge in [-0.3, -0.25) is 9.59 Å². The Bertz CT molecular complexity index is 1410. The molecule has 0 radical (unpaired) electrons. The number of carbonyl (C=O) groups excluding carboxylic acids is 2. The Hall–Kier alpha value is -1.94. The lowest BCUT2D eigenvalue weighted by molar-refractivity contribution is -0.211. The van der Waals surface area contributed by atoms with Crippen LogP contribution in [0.3, 0.4) is 0 Å². The van der Waals surface area contributed by atoms with Crippen molar-refractivity contribution in [2.24, 2.45) is 50.2 Å². The largest absolute Gasteiger partial charge is 0.469 e. The highest BCUT2D eigenvalue weighted by molar-refractivity contribution is 5.95. The van der Waals surface area contributed by atoms with E-state index in [9.17, 15) is 9.59 Å². The van der Waals surface area contributed by atoms with Gasteiger partial charge in [-0.2, -0.15) is 0 Å². The highest BCUT2D eigenvalue weighted by atomic mass is 16.5. The number of hydrogen-bond acceptors (Lipinski definition) is 4. The molecule has 9 atom stereocenters. The number of allylic oxidation sites excluding steroid dienone is 2. The van der Waals surface area contributed by atoms with Crippen molar-refractivity contribution < 1.29 is 19.1 Å². The second kappa shape index (κ2) is 10.8. The molecule has 0 heterocycles. The van der Waals surface area contributed by atoms with Crippen LogP contribution in [0.4, 0.5) is 0 Å². The molecule has 1 aromatic rings. The Kier molecular flexibility index (Phi) is 7.95. The number of fused-ring (bicyclic) bond motifs is 7. The summed E-state index contributed by atoms with van der Waals surface area (Å²) in [7, 11) is 1.52. The molecule has 2 unspecified atom stereocenters. The average Bonchev–Trinajstić information content (AvgIpc) is 2.97. The van der Waals surface area contributed by atoms with Gasteiger partial charge < -0.3 is 9.47 Å². The fourth-order valence-corrected chi connectivity index (χ4v) is 12.2. The summed E-state index contributed by atoms with van der Waals surface area (Å²) in [6.45, 7) is 24.2. The van der Waals surface area contributed by atoms with Crippen molar-refractivity contribution in [2.45, 2.75) is 145 Å². The second-order valence-electron chi connectivity index (χ2n) is 19.4. The Balaban J connectivity index is 1.28. The molecule has 4 heteroatoms. The van der Waals surface area contributed by atoms with E-state index in [1.54, 1.807) is 0 Å². The molecule has 5 aliphatic rings. The van der Waals surface area contributed by atoms with E-state index in [0.29, 0.717) is 18.3 Å². The molecule has 4 nitrogen and oxygen atoms in total. The predicted molar refractivity (Wildman–Crippen MR) is 185 cm³/mol. The molecule has 4 saturated carbocycles. The van der Waals surface area contributed by atoms with Gasteiger partial charge in [-0.05, 0) is 126 Å². The van der Waals surface area contributed by atoms with Crippen molar-refractivity contribution in [1.29, 1.82) is 0 Å². The van der Waals surface area contributed by atoms with Crippen LogP contribution in [0, 0.1) is 50.2 Å². The van der Waals surface area contributed by atoms with Crippen LogP contribution in [0.15, 0.2) is 35.9 Å². The third-order valence-electron chi connectivity index (χ3n) is 15.5. The van der Waals surface area contributed by atoms with Crippen molar-refractivity contribution in [2.75, 3.05) is 7.11 Å². The number of benzene rings is 1. The van der Waals surface area contributed by atoms with Crippen LogP contribution in [-0.2, 0) is 31.1 Å². The van der Waals surface area contributed by atoms with E-state index in [4.69, 9.17) is 9.47 Å². The van der Waals surface area contributed by atoms with Crippen molar-refractivity contribution in [1.82, 2.24) is 0 Å². The first kappa shape index (κ1) is 33.9. The van der Waals surface area contributed by atoms with E-state index in [2.05, 4.69) is 99.6 Å². The summed E-state index contributed by atoms with van der Waals surface area (Å²) in [4.78, 5) is 27.7. The van der Waals surface area contributed by atoms with E-state index in [-0.39, 0.29) is 56.4 Å². The van der Waals surface area contributed by atoms with Gasteiger partial charge in [0.15, 0.2) is 5.78 Å². The molecule has 46 heavy (non-hydrogen) atoms. The van der Waals surface area contributed by atoms with Gasteiger partial charge in [-0.25, -0.2) is 0 Å². The Labute approximate surface area is 279 Å². The summed E-state index contributed by atoms with van der Waals surface area (Å²) in [5, 5.41) is 0. The molecular weight excluding hydrogens is 568 g/mol. The molecule has 0 aromatic heterocycles. The van der Waals surface area contributed by atoms with Crippen molar-refractivity contribution >= 4 is 11.8 Å². The maximum absolute atomic E-state index is 14.7. The van der Waals surface area contributed by atoms with Gasteiger partial charge >= 0.3 is 5.97 Å². The van der Waals surface area contributed by atoms with Gasteiger partial charge in [0.2, 0.25) is 0 Å². The zero-order valence-corrected chi connectivity index (χ0v) is 30.9. The summed E-state index contributed by atoms with van der Waals surface area (Å²) in [6.07, 6.45) is 11.5. The van der Waals surface area contributed by atoms with Crippen LogP contribution < -0.4 is 0 Å². The monoisotopic (exact) mass is 630 g/mol. The number of methoxy groups -OCH3 is 1. The lowest BCUT2D eigenvalue weighted by Crippen LogP contribution is -2.66. The molecule has 0 N–H and O–H groups in total. The normalized spacial score (nSPS) is 43.4. The van der Waals surface area contributed by atoms with Gasteiger partial charge in [0, 0.05) is 5.92 Å². The summed E-state index contributed by atoms with van der Waals surface area (Å²) in [5.41, 5.74) is 3.49. The molecule has 6 rings (SSSR count). The molecule has 0 aliphatic heterocycles. The molecule has 254 valence electrons. The summed E-state index contributed by atoms with van der Waals surface area (Å²) in [5.74, 6) is 0.941. The third kappa shape index (κ3) is 4.84. The zero-order chi connectivity index (χ0) is 33.7. The Morgan fingerprint density at radius 2 is 1.52 bits per heavy atom. The average molecular weight is 631 g/mol. The number of ether oxygens (including phenoxy) is 2. The van der Waals surface area contributed by atoms with E-state index in [0.717, 1.165) is 57.8 Å². The van der Waals surface area contributed by atoms with E-state index >= 15 is 0 Å². The van der Waals surface area contributed by atoms with Crippen LogP contribution in [0.1, 0.15) is 138 Å². The van der Waals surface area contributed by atoms with Gasteiger partial charge in [-0.1, -0.05) is 92.2 Å². The molecule has 4 fully saturated rings. The van der Waals surface area contributed by atoms with E-state index in [1.165, 1.54) is 23.8 Å². The minimum Gasteiger partial charge on any atom is -0.469 e. The minimum atomic E-state index is -0.487. The lowest BCUT2D eigenvalue weighted by Gasteiger charge is -2.70. The molecule has 0 spiro atoms. The molecule has 1 aromatic carbocycles. The summed E-state index contributed by atoms with van der Waals surface area (Å²) in [6, 6.07) is 8.95. The van der Waals surface area contributed by atoms with Gasteiger partial charge in [0.05, 0.1) is 25.2 Å². The topological polar surface area (TPSA) is 52.6 Å². The lowest BCUT2D eigenvalue weighted by atomic mass is 9.33. The third-order valence-corrected chi connectivity index (χ3v) is 15.5. The van der Waals surface area contributed by atoms with Crippen LogP contribution in [-0.4, -0.2) is 25.0 Å². The van der Waals surface area contributed by atoms with E-state index < -0.39 is 5.41 Å². The van der Waals surface area contributed by atoms with Crippen LogP contribution in [0.2, 0.25) is 0 Å². The summed E-state index contributed by atoms with van der Waals surface area (Å²) >= 11 is 0. The van der Waals surface area contributed by atoms with Gasteiger partial charge in [0.1, 0.15) is 0 Å². The molecular formula is C42H62O4. The quantitative estimate of drug-likeness (QED) is 0.311. The standard InChI is InChI=1S/C42H62O4/c1-36(2,3)28-14-12-27(13-15-28)26-46-33-17-18-40(8)32(37(33,4)5)16-19-42(10)34(40)31(43)24-29-30-25-39(7,35(44)45-11)21-20-38(30,6)22-23-41(29,42)9/h12-15,24,30,32-34H,16-23,25-26H2,1-11H3/t30?,32?,33-,34+,38+,39-,40-,41+,42+/m0/s1. The first-order chi connectivity index (χ1) is 21.3. The van der Waals surface area contributed by atoms with Gasteiger partial charge in [-0.15, -0.1) is 0 Å². The minimum absolute atomic E-state index is 0.0117. The van der Waals surface area contributed by atoms with Gasteiger partial charge in [0.25, 0.3) is 0 Å². The number of ketones is 1. The molecule has 0 saturated heterocycles. The maximum Gasteiger partial charge on any atom is 0.311 e. The second-order valence-corrected chi connectivity index (χ2v) is 19.4. The first-order valence-electron chi connectivity index (χ1n) is 18.3. The van der Waals surface area contributed by atoms with E-state index in [1.807, 2.05) is 0 Å². The van der Waals surface area contributed by atoms with Crippen molar-refractivity contribution in [3.63, 3.8) is 0 Å². The number of rotatable bonds is 4. The predicted octanol–water partition coefficient (Wildman–Crippen LogP) is 10.0.